The van der Waals surface area contributed by atoms with E-state index in [1.165, 1.54) is 32.4 Å². The lowest BCUT2D eigenvalue weighted by Gasteiger charge is -2.00. The van der Waals surface area contributed by atoms with Crippen LogP contribution in [0.15, 0.2) is 91.0 Å². The highest BCUT2D eigenvalue weighted by atomic mass is 19.1. The van der Waals surface area contributed by atoms with Gasteiger partial charge in [0.25, 0.3) is 5.91 Å². The lowest BCUT2D eigenvalue weighted by molar-refractivity contribution is -0.110. The Kier molecular flexibility index (Phi) is 10.5. The van der Waals surface area contributed by atoms with E-state index in [1.807, 2.05) is 54.6 Å². The number of fused-ring (bicyclic) bond motifs is 3. The zero-order chi connectivity index (χ0) is 32.5. The number of ether oxygens (including phenoxy) is 2. The number of aliphatic hydroxyl groups is 1. The summed E-state index contributed by atoms with van der Waals surface area (Å²) in [5.74, 6) is -1.60. The van der Waals surface area contributed by atoms with E-state index in [-0.39, 0.29) is 12.5 Å². The standard InChI is InChI=1S/C21H14FNO3.C13H10O3.C2H6O/c1-26-21(25)18-10-12(14-5-3-2-4-6-15(14)18)9-17-16-11-13(22)7-8-19(16)23-20(17)24;1-16-13(15)12-7-9(8-14)10-5-3-2-4-6-11(10)12;1-2-3/h2-11H,1H3,(H,23,24);2-8H,1H3;3H,2H2,1H3/b17-9-;;. The molecule has 0 radical (unpaired) electrons. The summed E-state index contributed by atoms with van der Waals surface area (Å²) in [7, 11) is 2.65. The van der Waals surface area contributed by atoms with Gasteiger partial charge in [-0.1, -0.05) is 60.7 Å². The second kappa shape index (κ2) is 14.7. The zero-order valence-corrected chi connectivity index (χ0v) is 24.8. The molecule has 2 N–H and O–H groups in total. The van der Waals surface area contributed by atoms with Crippen molar-refractivity contribution in [3.05, 3.63) is 125 Å². The molecule has 0 fully saturated rings. The largest absolute Gasteiger partial charge is 0.465 e. The first-order chi connectivity index (χ1) is 21.8. The Morgan fingerprint density at radius 1 is 0.756 bits per heavy atom. The summed E-state index contributed by atoms with van der Waals surface area (Å²) in [6, 6.07) is 25.7. The molecular formula is C36H30FNO7. The second-order valence-corrected chi connectivity index (χ2v) is 9.62. The summed E-state index contributed by atoms with van der Waals surface area (Å²) in [4.78, 5) is 46.9. The maximum Gasteiger partial charge on any atom is 0.338 e. The molecule has 1 aromatic carbocycles. The van der Waals surface area contributed by atoms with Crippen molar-refractivity contribution in [3.63, 3.8) is 0 Å². The van der Waals surface area contributed by atoms with Gasteiger partial charge in [0, 0.05) is 29.0 Å². The Morgan fingerprint density at radius 2 is 1.24 bits per heavy atom. The number of aldehydes is 1. The Balaban J connectivity index is 0.000000207. The van der Waals surface area contributed by atoms with Crippen molar-refractivity contribution >= 4 is 41.5 Å². The van der Waals surface area contributed by atoms with Gasteiger partial charge in [0.2, 0.25) is 0 Å². The highest BCUT2D eigenvalue weighted by molar-refractivity contribution is 6.35. The predicted octanol–water partition coefficient (Wildman–Crippen LogP) is 6.60. The van der Waals surface area contributed by atoms with Crippen molar-refractivity contribution in [2.45, 2.75) is 6.92 Å². The van der Waals surface area contributed by atoms with Crippen LogP contribution in [0.3, 0.4) is 0 Å². The molecule has 45 heavy (non-hydrogen) atoms. The van der Waals surface area contributed by atoms with Crippen LogP contribution in [0.1, 0.15) is 49.1 Å². The summed E-state index contributed by atoms with van der Waals surface area (Å²) in [6.07, 6.45) is 2.42. The van der Waals surface area contributed by atoms with Crippen LogP contribution in [0.2, 0.25) is 0 Å². The van der Waals surface area contributed by atoms with E-state index < -0.39 is 17.8 Å². The number of esters is 2. The Bertz CT molecular complexity index is 1850. The molecule has 9 heteroatoms. The van der Waals surface area contributed by atoms with Crippen LogP contribution in [0.25, 0.3) is 33.9 Å². The Hall–Kier alpha value is -5.67. The lowest BCUT2D eigenvalue weighted by Crippen LogP contribution is -2.03. The van der Waals surface area contributed by atoms with Crippen LogP contribution in [-0.2, 0) is 14.3 Å². The Morgan fingerprint density at radius 3 is 1.76 bits per heavy atom. The summed E-state index contributed by atoms with van der Waals surface area (Å²) in [5, 5.41) is 10.3. The van der Waals surface area contributed by atoms with Crippen LogP contribution in [-0.4, -0.2) is 50.1 Å². The first-order valence-corrected chi connectivity index (χ1v) is 13.9. The van der Waals surface area contributed by atoms with E-state index in [1.54, 1.807) is 31.2 Å². The van der Waals surface area contributed by atoms with Crippen LogP contribution >= 0.6 is 0 Å². The third-order valence-electron chi connectivity index (χ3n) is 6.88. The van der Waals surface area contributed by atoms with E-state index >= 15 is 0 Å². The Labute approximate surface area is 259 Å². The van der Waals surface area contributed by atoms with Crippen molar-refractivity contribution in [3.8, 4) is 22.3 Å². The number of nitrogens with one attached hydrogen (secondary N) is 1. The smallest absolute Gasteiger partial charge is 0.338 e. The molecule has 0 spiro atoms. The maximum atomic E-state index is 13.6. The van der Waals surface area contributed by atoms with Crippen molar-refractivity contribution in [2.24, 2.45) is 0 Å². The molecule has 228 valence electrons. The maximum absolute atomic E-state index is 13.6. The van der Waals surface area contributed by atoms with Gasteiger partial charge in [0.15, 0.2) is 6.29 Å². The summed E-state index contributed by atoms with van der Waals surface area (Å²) >= 11 is 0. The molecule has 4 aliphatic carbocycles. The van der Waals surface area contributed by atoms with E-state index in [0.717, 1.165) is 28.5 Å². The summed E-state index contributed by atoms with van der Waals surface area (Å²) < 4.78 is 23.2. The minimum atomic E-state index is -0.451. The molecule has 0 saturated carbocycles. The number of methoxy groups -OCH3 is 2. The average molecular weight is 608 g/mol. The van der Waals surface area contributed by atoms with Crippen LogP contribution < -0.4 is 5.32 Å². The van der Waals surface area contributed by atoms with Gasteiger partial charge >= 0.3 is 11.9 Å². The molecule has 0 unspecified atom stereocenters. The number of amides is 1. The molecule has 1 aromatic rings. The van der Waals surface area contributed by atoms with Gasteiger partial charge in [-0.05, 0) is 71.1 Å². The molecular weight excluding hydrogens is 577 g/mol. The first-order valence-electron chi connectivity index (χ1n) is 13.9. The first kappa shape index (κ1) is 32.2. The molecule has 0 bridgehead atoms. The number of aliphatic hydroxyl groups excluding tert-OH is 1. The van der Waals surface area contributed by atoms with Crippen LogP contribution in [0, 0.1) is 5.82 Å². The minimum absolute atomic E-state index is 0.250. The van der Waals surface area contributed by atoms with Crippen molar-refractivity contribution in [1.29, 1.82) is 0 Å². The fraction of sp³-hybridized carbons (Fsp3) is 0.111. The molecule has 0 saturated heterocycles. The third-order valence-corrected chi connectivity index (χ3v) is 6.88. The van der Waals surface area contributed by atoms with Gasteiger partial charge in [-0.3, -0.25) is 9.59 Å². The number of rotatable bonds is 4. The van der Waals surface area contributed by atoms with Gasteiger partial charge < -0.3 is 19.9 Å². The van der Waals surface area contributed by atoms with Gasteiger partial charge in [0.1, 0.15) is 5.82 Å². The van der Waals surface area contributed by atoms with E-state index in [4.69, 9.17) is 9.84 Å². The van der Waals surface area contributed by atoms with Crippen LogP contribution in [0.5, 0.6) is 0 Å². The number of benzene rings is 1. The van der Waals surface area contributed by atoms with Crippen molar-refractivity contribution in [2.75, 3.05) is 26.1 Å². The predicted molar refractivity (Wildman–Crippen MR) is 170 cm³/mol. The summed E-state index contributed by atoms with van der Waals surface area (Å²) in [6.45, 7) is 1.93. The average Bonchev–Trinajstić information content (AvgIpc) is 3.48. The normalized spacial score (nSPS) is 12.3. The highest BCUT2D eigenvalue weighted by Gasteiger charge is 2.26. The van der Waals surface area contributed by atoms with Crippen molar-refractivity contribution < 1.29 is 38.1 Å². The van der Waals surface area contributed by atoms with Crippen LogP contribution in [0.4, 0.5) is 10.1 Å². The van der Waals surface area contributed by atoms with E-state index in [0.29, 0.717) is 39.1 Å². The van der Waals surface area contributed by atoms with Gasteiger partial charge in [-0.15, -0.1) is 0 Å². The number of hydrogen-bond acceptors (Lipinski definition) is 7. The molecule has 8 nitrogen and oxygen atoms in total. The zero-order valence-electron chi connectivity index (χ0n) is 24.8. The monoisotopic (exact) mass is 607 g/mol. The van der Waals surface area contributed by atoms with Crippen molar-refractivity contribution in [1.82, 2.24) is 0 Å². The molecule has 1 heterocycles. The fourth-order valence-corrected chi connectivity index (χ4v) is 4.92. The van der Waals surface area contributed by atoms with E-state index in [2.05, 4.69) is 10.1 Å². The second-order valence-electron chi connectivity index (χ2n) is 9.62. The van der Waals surface area contributed by atoms with Gasteiger partial charge in [-0.25, -0.2) is 14.0 Å². The highest BCUT2D eigenvalue weighted by Crippen LogP contribution is 2.38. The number of halogens is 1. The minimum Gasteiger partial charge on any atom is -0.465 e. The quantitative estimate of drug-likeness (QED) is 0.134. The lowest BCUT2D eigenvalue weighted by atomic mass is 10.0. The molecule has 6 rings (SSSR count). The topological polar surface area (TPSA) is 119 Å². The third kappa shape index (κ3) is 6.95. The summed E-state index contributed by atoms with van der Waals surface area (Å²) in [5.41, 5.74) is 6.51. The molecule has 1 aliphatic heterocycles. The SMILES string of the molecule is CCO.COC(=O)c1cc(/C=C2\C(=O)Nc3ccc(F)cc32)c2cccccc1-2.COC(=O)c1cc(C=O)c2cccccc1-2. The molecule has 0 aromatic heterocycles. The number of hydrogen-bond donors (Lipinski definition) is 2. The molecule has 5 aliphatic rings. The number of carbonyl (C=O) groups is 4. The van der Waals surface area contributed by atoms with E-state index in [9.17, 15) is 23.6 Å². The molecule has 1 amide bonds. The molecule has 0 atom stereocenters. The van der Waals surface area contributed by atoms with Gasteiger partial charge in [0.05, 0.1) is 25.3 Å². The number of carbonyl (C=O) groups excluding carboxylic acids is 4. The number of anilines is 1. The fourth-order valence-electron chi connectivity index (χ4n) is 4.92. The van der Waals surface area contributed by atoms with Gasteiger partial charge in [-0.2, -0.15) is 0 Å².